The van der Waals surface area contributed by atoms with Crippen LogP contribution in [0.3, 0.4) is 0 Å². The van der Waals surface area contributed by atoms with Gasteiger partial charge in [-0.3, -0.25) is 4.79 Å². The molecule has 2 nitrogen and oxygen atoms in total. The number of allylic oxidation sites excluding steroid dienone is 1. The van der Waals surface area contributed by atoms with Gasteiger partial charge in [0.15, 0.2) is 5.78 Å². The van der Waals surface area contributed by atoms with E-state index in [2.05, 4.69) is 13.8 Å². The molecule has 1 aliphatic carbocycles. The molecule has 68 valence electrons. The van der Waals surface area contributed by atoms with E-state index in [4.69, 9.17) is 0 Å². The molecule has 0 heterocycles. The van der Waals surface area contributed by atoms with E-state index in [1.807, 2.05) is 6.08 Å². The first-order valence-corrected chi connectivity index (χ1v) is 4.44. The molecular formula is C10H16O2. The molecule has 1 rings (SSSR count). The summed E-state index contributed by atoms with van der Waals surface area (Å²) in [4.78, 5) is 10.9. The lowest BCUT2D eigenvalue weighted by atomic mass is 9.71. The molecule has 2 heteroatoms. The lowest BCUT2D eigenvalue weighted by molar-refractivity contribution is -0.116. The summed E-state index contributed by atoms with van der Waals surface area (Å²) in [6, 6.07) is 0. The van der Waals surface area contributed by atoms with Gasteiger partial charge in [-0.15, -0.1) is 0 Å². The van der Waals surface area contributed by atoms with Crippen molar-refractivity contribution in [3.8, 4) is 0 Å². The van der Waals surface area contributed by atoms with Crippen LogP contribution >= 0.6 is 0 Å². The second kappa shape index (κ2) is 3.40. The lowest BCUT2D eigenvalue weighted by Gasteiger charge is -2.34. The van der Waals surface area contributed by atoms with Crippen molar-refractivity contribution in [2.45, 2.75) is 26.7 Å². The van der Waals surface area contributed by atoms with Gasteiger partial charge in [-0.1, -0.05) is 19.9 Å². The zero-order chi connectivity index (χ0) is 9.19. The maximum absolute atomic E-state index is 10.9. The summed E-state index contributed by atoms with van der Waals surface area (Å²) >= 11 is 0. The number of carbonyl (C=O) groups excluding carboxylic acids is 1. The predicted molar refractivity (Wildman–Crippen MR) is 47.7 cm³/mol. The quantitative estimate of drug-likeness (QED) is 0.679. The van der Waals surface area contributed by atoms with E-state index in [9.17, 15) is 9.90 Å². The standard InChI is InChI=1S/C10H16O2/c1-8(2)10(7-11)5-3-9(12)4-6-10/h3,5,8,11H,4,6-7H2,1-2H3. The van der Waals surface area contributed by atoms with Crippen LogP contribution in [0, 0.1) is 11.3 Å². The SMILES string of the molecule is CC(C)C1(CO)C=CC(=O)CC1. The summed E-state index contributed by atoms with van der Waals surface area (Å²) < 4.78 is 0. The first-order valence-electron chi connectivity index (χ1n) is 4.44. The van der Waals surface area contributed by atoms with Crippen molar-refractivity contribution in [3.05, 3.63) is 12.2 Å². The van der Waals surface area contributed by atoms with E-state index in [1.54, 1.807) is 6.08 Å². The highest BCUT2D eigenvalue weighted by Gasteiger charge is 2.32. The maximum atomic E-state index is 10.9. The minimum atomic E-state index is -0.145. The summed E-state index contributed by atoms with van der Waals surface area (Å²) in [5.41, 5.74) is -0.145. The highest BCUT2D eigenvalue weighted by Crippen LogP contribution is 2.36. The van der Waals surface area contributed by atoms with Gasteiger partial charge in [0.25, 0.3) is 0 Å². The van der Waals surface area contributed by atoms with Crippen LogP contribution < -0.4 is 0 Å². The van der Waals surface area contributed by atoms with Crippen molar-refractivity contribution in [3.63, 3.8) is 0 Å². The average Bonchev–Trinajstić information content (AvgIpc) is 2.06. The van der Waals surface area contributed by atoms with Gasteiger partial charge in [0, 0.05) is 11.8 Å². The molecule has 12 heavy (non-hydrogen) atoms. The van der Waals surface area contributed by atoms with Gasteiger partial charge in [0.2, 0.25) is 0 Å². The molecule has 0 radical (unpaired) electrons. The highest BCUT2D eigenvalue weighted by atomic mass is 16.3. The molecule has 0 aromatic rings. The fourth-order valence-electron chi connectivity index (χ4n) is 1.58. The fraction of sp³-hybridized carbons (Fsp3) is 0.700. The number of aliphatic hydroxyl groups excluding tert-OH is 1. The van der Waals surface area contributed by atoms with Crippen molar-refractivity contribution < 1.29 is 9.90 Å². The third kappa shape index (κ3) is 1.58. The number of ketones is 1. The summed E-state index contributed by atoms with van der Waals surface area (Å²) in [6.07, 6.45) is 4.86. The monoisotopic (exact) mass is 168 g/mol. The predicted octanol–water partition coefficient (Wildman–Crippen LogP) is 1.54. The van der Waals surface area contributed by atoms with E-state index in [-0.39, 0.29) is 17.8 Å². The van der Waals surface area contributed by atoms with Crippen LogP contribution in [-0.4, -0.2) is 17.5 Å². The molecular weight excluding hydrogens is 152 g/mol. The molecule has 0 spiro atoms. The van der Waals surface area contributed by atoms with E-state index in [0.29, 0.717) is 12.3 Å². The largest absolute Gasteiger partial charge is 0.395 e. The van der Waals surface area contributed by atoms with Gasteiger partial charge in [0.1, 0.15) is 0 Å². The Labute approximate surface area is 73.3 Å². The Morgan fingerprint density at radius 1 is 1.67 bits per heavy atom. The molecule has 1 N–H and O–H groups in total. The molecule has 1 aliphatic rings. The highest BCUT2D eigenvalue weighted by molar-refractivity contribution is 5.90. The number of aliphatic hydroxyl groups is 1. The number of hydrogen-bond donors (Lipinski definition) is 1. The zero-order valence-corrected chi connectivity index (χ0v) is 7.71. The molecule has 0 aliphatic heterocycles. The summed E-state index contributed by atoms with van der Waals surface area (Å²) in [5, 5.41) is 9.24. The third-order valence-electron chi connectivity index (χ3n) is 2.88. The van der Waals surface area contributed by atoms with Crippen molar-refractivity contribution in [2.75, 3.05) is 6.61 Å². The number of carbonyl (C=O) groups is 1. The number of hydrogen-bond acceptors (Lipinski definition) is 2. The summed E-state index contributed by atoms with van der Waals surface area (Å²) in [7, 11) is 0. The number of rotatable bonds is 2. The smallest absolute Gasteiger partial charge is 0.155 e. The Balaban J connectivity index is 2.82. The molecule has 0 saturated carbocycles. The van der Waals surface area contributed by atoms with Gasteiger partial charge >= 0.3 is 0 Å². The Morgan fingerprint density at radius 2 is 2.33 bits per heavy atom. The third-order valence-corrected chi connectivity index (χ3v) is 2.88. The van der Waals surface area contributed by atoms with Crippen LogP contribution in [0.4, 0.5) is 0 Å². The molecule has 0 aromatic heterocycles. The molecule has 1 unspecified atom stereocenters. The van der Waals surface area contributed by atoms with Crippen molar-refractivity contribution in [1.82, 2.24) is 0 Å². The average molecular weight is 168 g/mol. The molecule has 0 amide bonds. The van der Waals surface area contributed by atoms with Gasteiger partial charge in [-0.25, -0.2) is 0 Å². The molecule has 0 saturated heterocycles. The Bertz CT molecular complexity index is 206. The van der Waals surface area contributed by atoms with Crippen LogP contribution in [-0.2, 0) is 4.79 Å². The Hall–Kier alpha value is -0.630. The van der Waals surface area contributed by atoms with E-state index >= 15 is 0 Å². The van der Waals surface area contributed by atoms with Gasteiger partial charge in [0.05, 0.1) is 6.61 Å². The molecule has 0 fully saturated rings. The fourth-order valence-corrected chi connectivity index (χ4v) is 1.58. The van der Waals surface area contributed by atoms with Crippen LogP contribution in [0.2, 0.25) is 0 Å². The summed E-state index contributed by atoms with van der Waals surface area (Å²) in [6.45, 7) is 4.31. The minimum Gasteiger partial charge on any atom is -0.395 e. The second-order valence-corrected chi connectivity index (χ2v) is 3.85. The zero-order valence-electron chi connectivity index (χ0n) is 7.71. The van der Waals surface area contributed by atoms with E-state index < -0.39 is 0 Å². The molecule has 1 atom stereocenters. The first kappa shape index (κ1) is 9.46. The molecule has 0 bridgehead atoms. The Morgan fingerprint density at radius 3 is 2.67 bits per heavy atom. The van der Waals surface area contributed by atoms with Crippen LogP contribution in [0.15, 0.2) is 12.2 Å². The van der Waals surface area contributed by atoms with Crippen molar-refractivity contribution >= 4 is 5.78 Å². The first-order chi connectivity index (χ1) is 5.60. The van der Waals surface area contributed by atoms with Gasteiger partial charge < -0.3 is 5.11 Å². The topological polar surface area (TPSA) is 37.3 Å². The van der Waals surface area contributed by atoms with E-state index in [1.165, 1.54) is 0 Å². The normalized spacial score (nSPS) is 29.8. The minimum absolute atomic E-state index is 0.145. The van der Waals surface area contributed by atoms with E-state index in [0.717, 1.165) is 6.42 Å². The summed E-state index contributed by atoms with van der Waals surface area (Å²) in [5.74, 6) is 0.576. The molecule has 0 aromatic carbocycles. The van der Waals surface area contributed by atoms with Crippen molar-refractivity contribution in [1.29, 1.82) is 0 Å². The van der Waals surface area contributed by atoms with Crippen LogP contribution in [0.1, 0.15) is 26.7 Å². The van der Waals surface area contributed by atoms with Crippen LogP contribution in [0.5, 0.6) is 0 Å². The van der Waals surface area contributed by atoms with Gasteiger partial charge in [-0.05, 0) is 18.4 Å². The van der Waals surface area contributed by atoms with Crippen LogP contribution in [0.25, 0.3) is 0 Å². The second-order valence-electron chi connectivity index (χ2n) is 3.85. The van der Waals surface area contributed by atoms with Crippen molar-refractivity contribution in [2.24, 2.45) is 11.3 Å². The maximum Gasteiger partial charge on any atom is 0.155 e. The lowest BCUT2D eigenvalue weighted by Crippen LogP contribution is -2.32. The van der Waals surface area contributed by atoms with Gasteiger partial charge in [-0.2, -0.15) is 0 Å². The Kier molecular flexibility index (Phi) is 2.68.